The fourth-order valence-electron chi connectivity index (χ4n) is 1.69. The van der Waals surface area contributed by atoms with Crippen molar-refractivity contribution in [3.8, 4) is 0 Å². The lowest BCUT2D eigenvalue weighted by Crippen LogP contribution is -2.23. The second-order valence-corrected chi connectivity index (χ2v) is 7.94. The summed E-state index contributed by atoms with van der Waals surface area (Å²) in [7, 11) is -3.77. The maximum atomic E-state index is 12.2. The average Bonchev–Trinajstić information content (AvgIpc) is 2.92. The Hall–Kier alpha value is -1.22. The quantitative estimate of drug-likeness (QED) is 0.822. The molecule has 0 saturated carbocycles. The zero-order chi connectivity index (χ0) is 15.6. The summed E-state index contributed by atoms with van der Waals surface area (Å²) in [6.45, 7) is 1.79. The zero-order valence-corrected chi connectivity index (χ0v) is 14.2. The fourth-order valence-corrected chi connectivity index (χ4v) is 4.10. The van der Waals surface area contributed by atoms with E-state index in [-0.39, 0.29) is 17.0 Å². The van der Waals surface area contributed by atoms with Crippen LogP contribution >= 0.6 is 27.3 Å². The van der Waals surface area contributed by atoms with Crippen LogP contribution in [0.2, 0.25) is 0 Å². The van der Waals surface area contributed by atoms with Crippen LogP contribution in [-0.4, -0.2) is 19.5 Å². The first-order chi connectivity index (χ1) is 9.81. The lowest BCUT2D eigenvalue weighted by atomic mass is 10.1. The highest BCUT2D eigenvalue weighted by Crippen LogP contribution is 2.25. The molecule has 5 nitrogen and oxygen atoms in total. The van der Waals surface area contributed by atoms with Crippen molar-refractivity contribution in [1.82, 2.24) is 4.72 Å². The molecule has 8 heteroatoms. The molecule has 0 unspecified atom stereocenters. The Morgan fingerprint density at radius 2 is 2.14 bits per heavy atom. The van der Waals surface area contributed by atoms with Crippen LogP contribution in [0.15, 0.2) is 39.0 Å². The largest absolute Gasteiger partial charge is 0.478 e. The van der Waals surface area contributed by atoms with Gasteiger partial charge >= 0.3 is 5.97 Å². The second-order valence-electron chi connectivity index (χ2n) is 4.29. The first kappa shape index (κ1) is 16.2. The van der Waals surface area contributed by atoms with E-state index in [1.54, 1.807) is 6.92 Å². The number of carboxylic acid groups (broad SMARTS) is 1. The predicted octanol–water partition coefficient (Wildman–Crippen LogP) is 3.00. The smallest absolute Gasteiger partial charge is 0.336 e. The average molecular weight is 390 g/mol. The van der Waals surface area contributed by atoms with Crippen LogP contribution in [-0.2, 0) is 16.6 Å². The number of rotatable bonds is 5. The number of aromatic carboxylic acids is 1. The van der Waals surface area contributed by atoms with E-state index in [2.05, 4.69) is 20.7 Å². The first-order valence-corrected chi connectivity index (χ1v) is 9.02. The zero-order valence-electron chi connectivity index (χ0n) is 11.0. The second kappa shape index (κ2) is 6.27. The maximum Gasteiger partial charge on any atom is 0.336 e. The van der Waals surface area contributed by atoms with Gasteiger partial charge in [0.05, 0.1) is 10.5 Å². The van der Waals surface area contributed by atoms with Crippen LogP contribution in [0.1, 0.15) is 20.8 Å². The lowest BCUT2D eigenvalue weighted by molar-refractivity contribution is 0.0695. The van der Waals surface area contributed by atoms with Crippen LogP contribution in [0, 0.1) is 6.92 Å². The standard InChI is InChI=1S/C13H12BrNO4S2/c1-8-11(13(16)17)5-10(6-12(8)14)21(18,19)15-7-9-3-2-4-20-9/h2-6,15H,7H2,1H3,(H,16,17). The fraction of sp³-hybridized carbons (Fsp3) is 0.154. The number of carboxylic acids is 1. The minimum Gasteiger partial charge on any atom is -0.478 e. The summed E-state index contributed by atoms with van der Waals surface area (Å²) in [5, 5.41) is 11.0. The SMILES string of the molecule is Cc1c(Br)cc(S(=O)(=O)NCc2cccs2)cc1C(=O)O. The number of nitrogens with one attached hydrogen (secondary N) is 1. The molecule has 21 heavy (non-hydrogen) atoms. The van der Waals surface area contributed by atoms with E-state index >= 15 is 0 Å². The van der Waals surface area contributed by atoms with Gasteiger partial charge in [0.2, 0.25) is 10.0 Å². The third kappa shape index (κ3) is 3.70. The van der Waals surface area contributed by atoms with E-state index in [4.69, 9.17) is 5.11 Å². The number of thiophene rings is 1. The Balaban J connectivity index is 2.33. The molecule has 1 heterocycles. The normalized spacial score (nSPS) is 11.5. The number of hydrogen-bond donors (Lipinski definition) is 2. The molecule has 0 aliphatic carbocycles. The van der Waals surface area contributed by atoms with E-state index in [0.717, 1.165) is 4.88 Å². The molecule has 2 aromatic rings. The molecule has 1 aromatic carbocycles. The summed E-state index contributed by atoms with van der Waals surface area (Å²) in [4.78, 5) is 12.0. The van der Waals surface area contributed by atoms with Crippen molar-refractivity contribution in [2.45, 2.75) is 18.4 Å². The topological polar surface area (TPSA) is 83.5 Å². The monoisotopic (exact) mass is 389 g/mol. The van der Waals surface area contributed by atoms with Crippen molar-refractivity contribution >= 4 is 43.3 Å². The molecule has 0 spiro atoms. The van der Waals surface area contributed by atoms with Gasteiger partial charge in [-0.1, -0.05) is 22.0 Å². The molecular weight excluding hydrogens is 378 g/mol. The Labute approximate surface area is 134 Å². The van der Waals surface area contributed by atoms with Crippen molar-refractivity contribution in [1.29, 1.82) is 0 Å². The molecule has 2 N–H and O–H groups in total. The molecule has 0 atom stereocenters. The van der Waals surface area contributed by atoms with Gasteiger partial charge in [0.15, 0.2) is 0 Å². The Morgan fingerprint density at radius 3 is 2.71 bits per heavy atom. The number of halogens is 1. The van der Waals surface area contributed by atoms with Gasteiger partial charge < -0.3 is 5.11 Å². The van der Waals surface area contributed by atoms with Gasteiger partial charge in [-0.2, -0.15) is 0 Å². The summed E-state index contributed by atoms with van der Waals surface area (Å²) in [5.74, 6) is -1.16. The van der Waals surface area contributed by atoms with Crippen LogP contribution in [0.5, 0.6) is 0 Å². The molecule has 0 fully saturated rings. The highest BCUT2D eigenvalue weighted by atomic mass is 79.9. The molecule has 0 bridgehead atoms. The van der Waals surface area contributed by atoms with Gasteiger partial charge in [-0.3, -0.25) is 0 Å². The van der Waals surface area contributed by atoms with Crippen molar-refractivity contribution in [3.63, 3.8) is 0 Å². The Bertz CT molecular complexity index is 770. The van der Waals surface area contributed by atoms with Gasteiger partial charge in [-0.05, 0) is 36.1 Å². The van der Waals surface area contributed by atoms with Crippen LogP contribution in [0.3, 0.4) is 0 Å². The van der Waals surface area contributed by atoms with E-state index in [1.165, 1.54) is 23.5 Å². The van der Waals surface area contributed by atoms with Crippen molar-refractivity contribution in [2.75, 3.05) is 0 Å². The van der Waals surface area contributed by atoms with Gasteiger partial charge in [0.25, 0.3) is 0 Å². The van der Waals surface area contributed by atoms with Crippen LogP contribution in [0.4, 0.5) is 0 Å². The van der Waals surface area contributed by atoms with Crippen molar-refractivity contribution in [3.05, 3.63) is 50.1 Å². The molecule has 0 aliphatic rings. The third-order valence-corrected chi connectivity index (χ3v) is 5.96. The molecule has 0 radical (unpaired) electrons. The summed E-state index contributed by atoms with van der Waals surface area (Å²) in [6, 6.07) is 6.22. The minimum absolute atomic E-state index is 0.0409. The predicted molar refractivity (Wildman–Crippen MR) is 84.2 cm³/mol. The molecule has 0 aliphatic heterocycles. The lowest BCUT2D eigenvalue weighted by Gasteiger charge is -2.10. The Morgan fingerprint density at radius 1 is 1.43 bits per heavy atom. The highest BCUT2D eigenvalue weighted by Gasteiger charge is 2.19. The van der Waals surface area contributed by atoms with Gasteiger partial charge in [-0.25, -0.2) is 17.9 Å². The number of sulfonamides is 1. The number of carbonyl (C=O) groups is 1. The molecule has 112 valence electrons. The van der Waals surface area contributed by atoms with Crippen molar-refractivity contribution < 1.29 is 18.3 Å². The Kier molecular flexibility index (Phi) is 4.82. The van der Waals surface area contributed by atoms with Crippen LogP contribution in [0.25, 0.3) is 0 Å². The van der Waals surface area contributed by atoms with Crippen LogP contribution < -0.4 is 4.72 Å². The highest BCUT2D eigenvalue weighted by molar-refractivity contribution is 9.10. The first-order valence-electron chi connectivity index (χ1n) is 5.87. The summed E-state index contributed by atoms with van der Waals surface area (Å²) in [6.07, 6.45) is 0. The van der Waals surface area contributed by atoms with E-state index in [1.807, 2.05) is 17.5 Å². The van der Waals surface area contributed by atoms with Gasteiger partial charge in [-0.15, -0.1) is 11.3 Å². The number of benzene rings is 1. The van der Waals surface area contributed by atoms with Gasteiger partial charge in [0, 0.05) is 15.9 Å². The van der Waals surface area contributed by atoms with E-state index < -0.39 is 16.0 Å². The molecule has 0 amide bonds. The van der Waals surface area contributed by atoms with Crippen molar-refractivity contribution in [2.24, 2.45) is 0 Å². The molecule has 2 rings (SSSR count). The summed E-state index contributed by atoms with van der Waals surface area (Å²) < 4.78 is 27.4. The molecule has 1 aromatic heterocycles. The number of hydrogen-bond acceptors (Lipinski definition) is 4. The summed E-state index contributed by atoms with van der Waals surface area (Å²) >= 11 is 4.64. The molecule has 0 saturated heterocycles. The van der Waals surface area contributed by atoms with Gasteiger partial charge in [0.1, 0.15) is 0 Å². The van der Waals surface area contributed by atoms with E-state index in [0.29, 0.717) is 10.0 Å². The maximum absolute atomic E-state index is 12.2. The summed E-state index contributed by atoms with van der Waals surface area (Å²) in [5.41, 5.74) is 0.445. The minimum atomic E-state index is -3.77. The third-order valence-electron chi connectivity index (χ3n) is 2.88. The van der Waals surface area contributed by atoms with E-state index in [9.17, 15) is 13.2 Å². The molecular formula is C13H12BrNO4S2.